The topological polar surface area (TPSA) is 44.2 Å². The summed E-state index contributed by atoms with van der Waals surface area (Å²) in [7, 11) is 0. The van der Waals surface area contributed by atoms with Gasteiger partial charge in [0.2, 0.25) is 0 Å². The van der Waals surface area contributed by atoms with Crippen LogP contribution in [0.2, 0.25) is 0 Å². The van der Waals surface area contributed by atoms with Crippen molar-refractivity contribution in [3.05, 3.63) is 23.8 Å². The highest BCUT2D eigenvalue weighted by atomic mass is 16.6. The molecule has 13 heavy (non-hydrogen) atoms. The summed E-state index contributed by atoms with van der Waals surface area (Å²) in [5.74, 6) is 0.722. The van der Waals surface area contributed by atoms with Crippen molar-refractivity contribution in [2.45, 2.75) is 13.0 Å². The molecule has 70 valence electrons. The molecule has 1 fully saturated rings. The van der Waals surface area contributed by atoms with Crippen molar-refractivity contribution in [3.63, 3.8) is 0 Å². The van der Waals surface area contributed by atoms with E-state index in [0.717, 1.165) is 11.5 Å². The first-order valence-corrected chi connectivity index (χ1v) is 4.35. The summed E-state index contributed by atoms with van der Waals surface area (Å²) in [5.41, 5.74) is 0.958. The van der Waals surface area contributed by atoms with E-state index in [-0.39, 0.29) is 6.10 Å². The summed E-state index contributed by atoms with van der Waals surface area (Å²) in [5, 5.41) is 0. The molecule has 1 atom stereocenters. The second kappa shape index (κ2) is 3.81. The molecule has 0 bridgehead atoms. The van der Waals surface area contributed by atoms with Crippen molar-refractivity contribution >= 4 is 0 Å². The molecule has 4 heteroatoms. The third-order valence-electron chi connectivity index (χ3n) is 1.92. The van der Waals surface area contributed by atoms with Gasteiger partial charge in [-0.2, -0.15) is 0 Å². The molecule has 1 unspecified atom stereocenters. The monoisotopic (exact) mass is 180 g/mol. The van der Waals surface area contributed by atoms with Gasteiger partial charge in [-0.15, -0.1) is 0 Å². The molecule has 0 aliphatic carbocycles. The van der Waals surface area contributed by atoms with E-state index >= 15 is 0 Å². The van der Waals surface area contributed by atoms with Gasteiger partial charge in [0.15, 0.2) is 5.82 Å². The molecule has 0 spiro atoms. The fraction of sp³-hybridized carbons (Fsp3) is 0.556. The van der Waals surface area contributed by atoms with E-state index in [9.17, 15) is 0 Å². The molecule has 0 aromatic carbocycles. The van der Waals surface area contributed by atoms with Gasteiger partial charge < -0.3 is 9.47 Å². The summed E-state index contributed by atoms with van der Waals surface area (Å²) in [6, 6.07) is 1.87. The van der Waals surface area contributed by atoms with Crippen LogP contribution in [0, 0.1) is 6.92 Å². The minimum absolute atomic E-state index is 0.0892. The first-order valence-electron chi connectivity index (χ1n) is 4.35. The van der Waals surface area contributed by atoms with Crippen molar-refractivity contribution in [1.82, 2.24) is 9.97 Å². The Morgan fingerprint density at radius 1 is 1.46 bits per heavy atom. The molecular formula is C9H12N2O2. The van der Waals surface area contributed by atoms with Gasteiger partial charge >= 0.3 is 0 Å². The molecule has 1 saturated heterocycles. The molecule has 1 aliphatic rings. The fourth-order valence-electron chi connectivity index (χ4n) is 1.26. The lowest BCUT2D eigenvalue weighted by atomic mass is 10.3. The molecule has 1 aromatic rings. The lowest BCUT2D eigenvalue weighted by molar-refractivity contribution is -0.0935. The lowest BCUT2D eigenvalue weighted by Crippen LogP contribution is -2.23. The molecule has 2 rings (SSSR count). The number of ether oxygens (including phenoxy) is 2. The third kappa shape index (κ3) is 2.02. The summed E-state index contributed by atoms with van der Waals surface area (Å²) in [4.78, 5) is 8.43. The summed E-state index contributed by atoms with van der Waals surface area (Å²) >= 11 is 0. The van der Waals surface area contributed by atoms with E-state index in [2.05, 4.69) is 9.97 Å². The number of aromatic nitrogens is 2. The van der Waals surface area contributed by atoms with E-state index in [1.165, 1.54) is 0 Å². The van der Waals surface area contributed by atoms with E-state index in [1.807, 2.05) is 13.0 Å². The lowest BCUT2D eigenvalue weighted by Gasteiger charge is -2.21. The van der Waals surface area contributed by atoms with Crippen LogP contribution in [-0.2, 0) is 9.47 Å². The van der Waals surface area contributed by atoms with Crippen LogP contribution in [-0.4, -0.2) is 29.8 Å². The highest BCUT2D eigenvalue weighted by molar-refractivity contribution is 5.02. The Balaban J connectivity index is 2.14. The predicted octanol–water partition coefficient (Wildman–Crippen LogP) is 0.873. The summed E-state index contributed by atoms with van der Waals surface area (Å²) < 4.78 is 10.7. The maximum absolute atomic E-state index is 5.47. The average Bonchev–Trinajstić information content (AvgIpc) is 2.19. The number of hydrogen-bond donors (Lipinski definition) is 0. The molecule has 0 N–H and O–H groups in total. The molecule has 0 radical (unpaired) electrons. The molecule has 2 heterocycles. The summed E-state index contributed by atoms with van der Waals surface area (Å²) in [6.07, 6.45) is 1.66. The van der Waals surface area contributed by atoms with Crippen LogP contribution in [0.5, 0.6) is 0 Å². The quantitative estimate of drug-likeness (QED) is 0.643. The maximum atomic E-state index is 5.47. The van der Waals surface area contributed by atoms with Crippen LogP contribution in [0.4, 0.5) is 0 Å². The zero-order valence-electron chi connectivity index (χ0n) is 7.56. The average molecular weight is 180 g/mol. The van der Waals surface area contributed by atoms with Crippen LogP contribution < -0.4 is 0 Å². The third-order valence-corrected chi connectivity index (χ3v) is 1.92. The molecule has 1 aromatic heterocycles. The molecule has 4 nitrogen and oxygen atoms in total. The normalized spacial score (nSPS) is 23.0. The van der Waals surface area contributed by atoms with Gasteiger partial charge in [-0.25, -0.2) is 9.97 Å². The highest BCUT2D eigenvalue weighted by Gasteiger charge is 2.18. The van der Waals surface area contributed by atoms with Crippen LogP contribution in [0.3, 0.4) is 0 Å². The largest absolute Gasteiger partial charge is 0.376 e. The number of nitrogens with zero attached hydrogens (tertiary/aromatic N) is 2. The molecule has 1 aliphatic heterocycles. The Kier molecular flexibility index (Phi) is 2.52. The van der Waals surface area contributed by atoms with Gasteiger partial charge in [0.05, 0.1) is 19.8 Å². The number of rotatable bonds is 1. The SMILES string of the molecule is Cc1ccnc(C2COCCO2)n1. The zero-order valence-corrected chi connectivity index (χ0v) is 7.56. The second-order valence-electron chi connectivity index (χ2n) is 2.99. The van der Waals surface area contributed by atoms with Crippen molar-refractivity contribution < 1.29 is 9.47 Å². The maximum Gasteiger partial charge on any atom is 0.159 e. The Morgan fingerprint density at radius 3 is 3.08 bits per heavy atom. The van der Waals surface area contributed by atoms with E-state index in [1.54, 1.807) is 6.20 Å². The predicted molar refractivity (Wildman–Crippen MR) is 46.3 cm³/mol. The van der Waals surface area contributed by atoms with Gasteiger partial charge in [0, 0.05) is 11.9 Å². The fourth-order valence-corrected chi connectivity index (χ4v) is 1.26. The van der Waals surface area contributed by atoms with Crippen molar-refractivity contribution in [2.75, 3.05) is 19.8 Å². The van der Waals surface area contributed by atoms with Crippen LogP contribution >= 0.6 is 0 Å². The smallest absolute Gasteiger partial charge is 0.159 e. The Morgan fingerprint density at radius 2 is 2.38 bits per heavy atom. The van der Waals surface area contributed by atoms with Gasteiger partial charge in [-0.3, -0.25) is 0 Å². The molecule has 0 saturated carbocycles. The minimum Gasteiger partial charge on any atom is -0.376 e. The van der Waals surface area contributed by atoms with Gasteiger partial charge in [-0.1, -0.05) is 0 Å². The van der Waals surface area contributed by atoms with Crippen molar-refractivity contribution in [1.29, 1.82) is 0 Å². The summed E-state index contributed by atoms with van der Waals surface area (Å²) in [6.45, 7) is 3.79. The van der Waals surface area contributed by atoms with Crippen LogP contribution in [0.1, 0.15) is 17.6 Å². The molecule has 0 amide bonds. The number of hydrogen-bond acceptors (Lipinski definition) is 4. The first kappa shape index (κ1) is 8.59. The second-order valence-corrected chi connectivity index (χ2v) is 2.99. The Bertz CT molecular complexity index is 285. The zero-order chi connectivity index (χ0) is 9.10. The Labute approximate surface area is 76.9 Å². The van der Waals surface area contributed by atoms with E-state index in [0.29, 0.717) is 19.8 Å². The standard InChI is InChI=1S/C9H12N2O2/c1-7-2-3-10-9(11-7)8-6-12-4-5-13-8/h2-3,8H,4-6H2,1H3. The number of aryl methyl sites for hydroxylation is 1. The highest BCUT2D eigenvalue weighted by Crippen LogP contribution is 2.16. The van der Waals surface area contributed by atoms with Crippen molar-refractivity contribution in [3.8, 4) is 0 Å². The van der Waals surface area contributed by atoms with Gasteiger partial charge in [0.25, 0.3) is 0 Å². The Hall–Kier alpha value is -1.00. The van der Waals surface area contributed by atoms with Crippen LogP contribution in [0.15, 0.2) is 12.3 Å². The van der Waals surface area contributed by atoms with Gasteiger partial charge in [-0.05, 0) is 13.0 Å². The minimum atomic E-state index is -0.0892. The molecular weight excluding hydrogens is 168 g/mol. The first-order chi connectivity index (χ1) is 6.36. The van der Waals surface area contributed by atoms with E-state index in [4.69, 9.17) is 9.47 Å². The van der Waals surface area contributed by atoms with Crippen LogP contribution in [0.25, 0.3) is 0 Å². The van der Waals surface area contributed by atoms with Gasteiger partial charge in [0.1, 0.15) is 6.10 Å². The van der Waals surface area contributed by atoms with E-state index < -0.39 is 0 Å². The van der Waals surface area contributed by atoms with Crippen molar-refractivity contribution in [2.24, 2.45) is 0 Å².